The molecule has 1 aromatic rings. The Morgan fingerprint density at radius 3 is 2.81 bits per heavy atom. The quantitative estimate of drug-likeness (QED) is 0.758. The Kier molecular flexibility index (Phi) is 3.50. The normalized spacial score (nSPS) is 17.0. The summed E-state index contributed by atoms with van der Waals surface area (Å²) in [7, 11) is 0. The number of halogens is 1. The fraction of sp³-hybridized carbons (Fsp3) is 0.417. The molecule has 16 heavy (non-hydrogen) atoms. The Balaban J connectivity index is 2.10. The minimum absolute atomic E-state index is 0.245. The third-order valence-electron chi connectivity index (χ3n) is 2.67. The molecule has 0 N–H and O–H groups in total. The Morgan fingerprint density at radius 1 is 1.38 bits per heavy atom. The first-order chi connectivity index (χ1) is 7.79. The number of hydrogen-bond donors (Lipinski definition) is 0. The second kappa shape index (κ2) is 5.06. The molecule has 0 amide bonds. The second-order valence-electron chi connectivity index (χ2n) is 3.81. The molecule has 3 nitrogen and oxygen atoms in total. The Labute approximate surface area is 94.0 Å². The van der Waals surface area contributed by atoms with Crippen LogP contribution in [0.2, 0.25) is 0 Å². The smallest absolute Gasteiger partial charge is 0.127 e. The van der Waals surface area contributed by atoms with E-state index >= 15 is 0 Å². The van der Waals surface area contributed by atoms with Gasteiger partial charge in [-0.1, -0.05) is 0 Å². The van der Waals surface area contributed by atoms with Crippen molar-refractivity contribution in [2.75, 3.05) is 26.3 Å². The zero-order chi connectivity index (χ0) is 11.4. The van der Waals surface area contributed by atoms with Crippen molar-refractivity contribution in [3.05, 3.63) is 35.1 Å². The molecule has 0 atom stereocenters. The van der Waals surface area contributed by atoms with Crippen LogP contribution in [0.15, 0.2) is 18.2 Å². The highest BCUT2D eigenvalue weighted by Crippen LogP contribution is 2.13. The number of hydrogen-bond acceptors (Lipinski definition) is 3. The zero-order valence-corrected chi connectivity index (χ0v) is 8.95. The minimum atomic E-state index is -0.245. The van der Waals surface area contributed by atoms with Crippen LogP contribution >= 0.6 is 0 Å². The van der Waals surface area contributed by atoms with Crippen molar-refractivity contribution in [3.63, 3.8) is 0 Å². The van der Waals surface area contributed by atoms with E-state index in [0.717, 1.165) is 13.1 Å². The lowest BCUT2D eigenvalue weighted by Gasteiger charge is -2.26. The molecule has 1 aromatic carbocycles. The topological polar surface area (TPSA) is 36.3 Å². The van der Waals surface area contributed by atoms with E-state index in [9.17, 15) is 4.39 Å². The van der Waals surface area contributed by atoms with E-state index in [1.54, 1.807) is 6.07 Å². The van der Waals surface area contributed by atoms with Crippen LogP contribution in [0.5, 0.6) is 0 Å². The molecule has 1 fully saturated rings. The van der Waals surface area contributed by atoms with Crippen molar-refractivity contribution in [1.82, 2.24) is 4.90 Å². The lowest BCUT2D eigenvalue weighted by molar-refractivity contribution is 0.0337. The molecule has 0 unspecified atom stereocenters. The largest absolute Gasteiger partial charge is 0.379 e. The van der Waals surface area contributed by atoms with Crippen molar-refractivity contribution < 1.29 is 9.13 Å². The van der Waals surface area contributed by atoms with Gasteiger partial charge in [-0.25, -0.2) is 4.39 Å². The van der Waals surface area contributed by atoms with E-state index in [-0.39, 0.29) is 5.82 Å². The Morgan fingerprint density at radius 2 is 2.12 bits per heavy atom. The number of nitrogens with zero attached hydrogens (tertiary/aromatic N) is 2. The SMILES string of the molecule is N#Cc1ccc(F)c(CN2CCOCC2)c1. The number of benzene rings is 1. The third-order valence-corrected chi connectivity index (χ3v) is 2.67. The molecule has 2 rings (SSSR count). The van der Waals surface area contributed by atoms with E-state index < -0.39 is 0 Å². The lowest BCUT2D eigenvalue weighted by atomic mass is 10.1. The fourth-order valence-electron chi connectivity index (χ4n) is 1.77. The van der Waals surface area contributed by atoms with Crippen LogP contribution < -0.4 is 0 Å². The number of rotatable bonds is 2. The van der Waals surface area contributed by atoms with Gasteiger partial charge < -0.3 is 4.74 Å². The van der Waals surface area contributed by atoms with Gasteiger partial charge in [0.25, 0.3) is 0 Å². The summed E-state index contributed by atoms with van der Waals surface area (Å²) in [5.74, 6) is -0.245. The molecular formula is C12H13FN2O. The van der Waals surface area contributed by atoms with Crippen LogP contribution in [0.25, 0.3) is 0 Å². The van der Waals surface area contributed by atoms with Gasteiger partial charge in [0.15, 0.2) is 0 Å². The highest BCUT2D eigenvalue weighted by molar-refractivity contribution is 5.33. The highest BCUT2D eigenvalue weighted by Gasteiger charge is 2.13. The van der Waals surface area contributed by atoms with Gasteiger partial charge in [0.05, 0.1) is 24.8 Å². The van der Waals surface area contributed by atoms with Crippen molar-refractivity contribution in [2.45, 2.75) is 6.54 Å². The standard InChI is InChI=1S/C12H13FN2O/c13-12-2-1-10(8-14)7-11(12)9-15-3-5-16-6-4-15/h1-2,7H,3-6,9H2. The third kappa shape index (κ3) is 2.57. The van der Waals surface area contributed by atoms with Gasteiger partial charge in [-0.3, -0.25) is 4.90 Å². The zero-order valence-electron chi connectivity index (χ0n) is 8.95. The van der Waals surface area contributed by atoms with Gasteiger partial charge in [0.1, 0.15) is 5.82 Å². The average molecular weight is 220 g/mol. The van der Waals surface area contributed by atoms with E-state index in [1.807, 2.05) is 6.07 Å². The monoisotopic (exact) mass is 220 g/mol. The molecule has 0 radical (unpaired) electrons. The van der Waals surface area contributed by atoms with Crippen LogP contribution in [-0.4, -0.2) is 31.2 Å². The number of ether oxygens (including phenoxy) is 1. The molecule has 0 spiro atoms. The molecule has 1 aliphatic rings. The van der Waals surface area contributed by atoms with Crippen LogP contribution in [0, 0.1) is 17.1 Å². The van der Waals surface area contributed by atoms with Crippen molar-refractivity contribution in [2.24, 2.45) is 0 Å². The summed E-state index contributed by atoms with van der Waals surface area (Å²) in [5.41, 5.74) is 1.09. The summed E-state index contributed by atoms with van der Waals surface area (Å²) < 4.78 is 18.7. The summed E-state index contributed by atoms with van der Waals surface area (Å²) in [5, 5.41) is 8.75. The van der Waals surface area contributed by atoms with Gasteiger partial charge in [-0.15, -0.1) is 0 Å². The first kappa shape index (κ1) is 11.1. The average Bonchev–Trinajstić information content (AvgIpc) is 2.33. The van der Waals surface area contributed by atoms with Gasteiger partial charge in [-0.2, -0.15) is 5.26 Å². The molecule has 0 aliphatic carbocycles. The second-order valence-corrected chi connectivity index (χ2v) is 3.81. The van der Waals surface area contributed by atoms with Gasteiger partial charge >= 0.3 is 0 Å². The van der Waals surface area contributed by atoms with E-state index in [0.29, 0.717) is 30.9 Å². The van der Waals surface area contributed by atoms with Crippen LogP contribution in [0.4, 0.5) is 4.39 Å². The molecule has 0 saturated carbocycles. The molecule has 0 bridgehead atoms. The maximum Gasteiger partial charge on any atom is 0.127 e. The maximum atomic E-state index is 13.5. The van der Waals surface area contributed by atoms with Crippen LogP contribution in [0.3, 0.4) is 0 Å². The fourth-order valence-corrected chi connectivity index (χ4v) is 1.77. The van der Waals surface area contributed by atoms with Gasteiger partial charge in [0.2, 0.25) is 0 Å². The maximum absolute atomic E-state index is 13.5. The first-order valence-electron chi connectivity index (χ1n) is 5.28. The molecule has 84 valence electrons. The highest BCUT2D eigenvalue weighted by atomic mass is 19.1. The number of nitriles is 1. The van der Waals surface area contributed by atoms with Gasteiger partial charge in [-0.05, 0) is 18.2 Å². The number of morpholine rings is 1. The molecule has 1 heterocycles. The summed E-state index contributed by atoms with van der Waals surface area (Å²) in [6.45, 7) is 3.57. The first-order valence-corrected chi connectivity index (χ1v) is 5.28. The predicted octanol–water partition coefficient (Wildman–Crippen LogP) is 1.53. The Hall–Kier alpha value is -1.44. The van der Waals surface area contributed by atoms with E-state index in [1.165, 1.54) is 12.1 Å². The van der Waals surface area contributed by atoms with E-state index in [2.05, 4.69) is 4.90 Å². The molecule has 1 saturated heterocycles. The van der Waals surface area contributed by atoms with E-state index in [4.69, 9.17) is 10.00 Å². The summed E-state index contributed by atoms with van der Waals surface area (Å²) >= 11 is 0. The van der Waals surface area contributed by atoms with Gasteiger partial charge in [0, 0.05) is 25.2 Å². The van der Waals surface area contributed by atoms with Crippen molar-refractivity contribution in [1.29, 1.82) is 5.26 Å². The van der Waals surface area contributed by atoms with Crippen molar-refractivity contribution >= 4 is 0 Å². The molecule has 0 aromatic heterocycles. The summed E-state index contributed by atoms with van der Waals surface area (Å²) in [4.78, 5) is 2.13. The van der Waals surface area contributed by atoms with Crippen molar-refractivity contribution in [3.8, 4) is 6.07 Å². The van der Waals surface area contributed by atoms with Crippen LogP contribution in [0.1, 0.15) is 11.1 Å². The van der Waals surface area contributed by atoms with Crippen LogP contribution in [-0.2, 0) is 11.3 Å². The molecule has 1 aliphatic heterocycles. The molecular weight excluding hydrogens is 207 g/mol. The Bertz CT molecular complexity index is 408. The minimum Gasteiger partial charge on any atom is -0.379 e. The summed E-state index contributed by atoms with van der Waals surface area (Å²) in [6, 6.07) is 6.49. The lowest BCUT2D eigenvalue weighted by Crippen LogP contribution is -2.35. The molecule has 4 heteroatoms. The summed E-state index contributed by atoms with van der Waals surface area (Å²) in [6.07, 6.45) is 0. The predicted molar refractivity (Wildman–Crippen MR) is 57.2 cm³/mol.